The Morgan fingerprint density at radius 2 is 2.05 bits per heavy atom. The van der Waals surface area contributed by atoms with E-state index in [-0.39, 0.29) is 5.78 Å². The summed E-state index contributed by atoms with van der Waals surface area (Å²) in [5.41, 5.74) is 1.68. The molecule has 0 saturated heterocycles. The monoisotopic (exact) mass is 306 g/mol. The van der Waals surface area contributed by atoms with Crippen molar-refractivity contribution in [2.45, 2.75) is 31.8 Å². The highest BCUT2D eigenvalue weighted by atomic mass is 32.2. The molecule has 0 radical (unpaired) electrons. The van der Waals surface area contributed by atoms with Crippen LogP contribution in [0.2, 0.25) is 0 Å². The maximum absolute atomic E-state index is 11.4. The number of thioether (sulfide) groups is 1. The molecule has 0 spiro atoms. The van der Waals surface area contributed by atoms with E-state index in [2.05, 4.69) is 10.2 Å². The molecule has 2 aromatic rings. The lowest BCUT2D eigenvalue weighted by Gasteiger charge is -2.09. The van der Waals surface area contributed by atoms with Gasteiger partial charge < -0.3 is 9.15 Å². The largest absolute Gasteiger partial charge is 0.496 e. The molecule has 0 bridgehead atoms. The molecule has 0 saturated carbocycles. The average Bonchev–Trinajstić information content (AvgIpc) is 2.95. The molecule has 5 nitrogen and oxygen atoms in total. The zero-order chi connectivity index (χ0) is 15.2. The van der Waals surface area contributed by atoms with Crippen LogP contribution in [-0.2, 0) is 17.9 Å². The number of hydrogen-bond acceptors (Lipinski definition) is 6. The summed E-state index contributed by atoms with van der Waals surface area (Å²) < 4.78 is 10.8. The van der Waals surface area contributed by atoms with Gasteiger partial charge in [0.25, 0.3) is 0 Å². The van der Waals surface area contributed by atoms with Gasteiger partial charge in [-0.1, -0.05) is 6.92 Å². The van der Waals surface area contributed by atoms with Crippen LogP contribution in [0.4, 0.5) is 0 Å². The molecule has 112 valence electrons. The fraction of sp³-hybridized carbons (Fsp3) is 0.400. The number of Topliss-reactive ketones (excluding diaryl/α,β-unsaturated/α-hetero) is 1. The number of methoxy groups -OCH3 is 1. The van der Waals surface area contributed by atoms with Gasteiger partial charge in [0, 0.05) is 23.3 Å². The maximum atomic E-state index is 11.4. The molecule has 1 aromatic heterocycles. The molecule has 21 heavy (non-hydrogen) atoms. The number of carbonyl (C=O) groups excluding carboxylic acids is 1. The van der Waals surface area contributed by atoms with E-state index in [1.165, 1.54) is 0 Å². The van der Waals surface area contributed by atoms with Crippen molar-refractivity contribution >= 4 is 17.5 Å². The van der Waals surface area contributed by atoms with Crippen LogP contribution < -0.4 is 4.74 Å². The molecule has 2 rings (SSSR count). The number of benzene rings is 1. The van der Waals surface area contributed by atoms with Gasteiger partial charge >= 0.3 is 0 Å². The van der Waals surface area contributed by atoms with E-state index in [4.69, 9.17) is 9.15 Å². The van der Waals surface area contributed by atoms with E-state index in [9.17, 15) is 4.79 Å². The Morgan fingerprint density at radius 1 is 1.29 bits per heavy atom. The molecule has 0 N–H and O–H groups in total. The minimum atomic E-state index is 0.0494. The van der Waals surface area contributed by atoms with E-state index in [1.807, 2.05) is 19.1 Å². The summed E-state index contributed by atoms with van der Waals surface area (Å²) in [7, 11) is 1.63. The van der Waals surface area contributed by atoms with E-state index in [0.717, 1.165) is 17.7 Å². The first-order valence-electron chi connectivity index (χ1n) is 6.71. The maximum Gasteiger partial charge on any atom is 0.226 e. The highest BCUT2D eigenvalue weighted by Crippen LogP contribution is 2.26. The van der Waals surface area contributed by atoms with Gasteiger partial charge in [0.1, 0.15) is 5.75 Å². The van der Waals surface area contributed by atoms with E-state index in [1.54, 1.807) is 31.9 Å². The predicted octanol–water partition coefficient (Wildman–Crippen LogP) is 3.28. The van der Waals surface area contributed by atoms with Gasteiger partial charge in [-0.3, -0.25) is 4.79 Å². The van der Waals surface area contributed by atoms with E-state index >= 15 is 0 Å². The first-order chi connectivity index (χ1) is 10.1. The van der Waals surface area contributed by atoms with Gasteiger partial charge in [-0.15, -0.1) is 22.0 Å². The average molecular weight is 306 g/mol. The van der Waals surface area contributed by atoms with Crippen LogP contribution in [0.5, 0.6) is 5.75 Å². The zero-order valence-electron chi connectivity index (χ0n) is 12.4. The van der Waals surface area contributed by atoms with Gasteiger partial charge in [-0.25, -0.2) is 0 Å². The Balaban J connectivity index is 2.01. The van der Waals surface area contributed by atoms with Crippen molar-refractivity contribution in [3.63, 3.8) is 0 Å². The van der Waals surface area contributed by atoms with Gasteiger partial charge in [0.05, 0.1) is 12.9 Å². The number of rotatable bonds is 7. The van der Waals surface area contributed by atoms with Crippen molar-refractivity contribution in [1.82, 2.24) is 10.2 Å². The Labute approximate surface area is 128 Å². The van der Waals surface area contributed by atoms with Crippen molar-refractivity contribution in [3.8, 4) is 5.75 Å². The number of nitrogens with zero attached hydrogens (tertiary/aromatic N) is 2. The summed E-state index contributed by atoms with van der Waals surface area (Å²) in [5, 5.41) is 7.92. The van der Waals surface area contributed by atoms with Crippen LogP contribution in [0, 0.1) is 0 Å². The number of carbonyl (C=O) groups is 1. The molecule has 0 fully saturated rings. The zero-order valence-corrected chi connectivity index (χ0v) is 13.2. The molecular formula is C15H18N2O3S. The Hall–Kier alpha value is -1.82. The summed E-state index contributed by atoms with van der Waals surface area (Å²) in [6.07, 6.45) is 0.742. The minimum absolute atomic E-state index is 0.0494. The Kier molecular flexibility index (Phi) is 5.38. The molecule has 0 atom stereocenters. The van der Waals surface area contributed by atoms with Crippen LogP contribution in [0.25, 0.3) is 0 Å². The van der Waals surface area contributed by atoms with E-state index < -0.39 is 0 Å². The highest BCUT2D eigenvalue weighted by Gasteiger charge is 2.09. The third kappa shape index (κ3) is 4.07. The first kappa shape index (κ1) is 15.6. The number of aryl methyl sites for hydroxylation is 1. The second kappa shape index (κ2) is 7.26. The van der Waals surface area contributed by atoms with Gasteiger partial charge in [0.2, 0.25) is 11.8 Å². The lowest BCUT2D eigenvalue weighted by atomic mass is 10.1. The van der Waals surface area contributed by atoms with Gasteiger partial charge in [0.15, 0.2) is 5.78 Å². The lowest BCUT2D eigenvalue weighted by Crippen LogP contribution is -1.97. The molecule has 0 unspecified atom stereocenters. The third-order valence-corrected chi connectivity index (χ3v) is 3.95. The highest BCUT2D eigenvalue weighted by molar-refractivity contribution is 7.97. The minimum Gasteiger partial charge on any atom is -0.496 e. The van der Waals surface area contributed by atoms with Crippen molar-refractivity contribution in [2.24, 2.45) is 0 Å². The van der Waals surface area contributed by atoms with Crippen molar-refractivity contribution in [2.75, 3.05) is 7.11 Å². The lowest BCUT2D eigenvalue weighted by molar-refractivity contribution is 0.101. The van der Waals surface area contributed by atoms with Crippen LogP contribution >= 0.6 is 11.8 Å². The fourth-order valence-electron chi connectivity index (χ4n) is 1.85. The molecule has 0 aliphatic carbocycles. The smallest absolute Gasteiger partial charge is 0.226 e. The van der Waals surface area contributed by atoms with Crippen LogP contribution in [-0.4, -0.2) is 23.1 Å². The van der Waals surface area contributed by atoms with Crippen molar-refractivity contribution < 1.29 is 13.9 Å². The van der Waals surface area contributed by atoms with Crippen LogP contribution in [0.15, 0.2) is 22.6 Å². The van der Waals surface area contributed by atoms with Gasteiger partial charge in [-0.2, -0.15) is 0 Å². The topological polar surface area (TPSA) is 65.2 Å². The summed E-state index contributed by atoms with van der Waals surface area (Å²) >= 11 is 1.65. The van der Waals surface area contributed by atoms with Gasteiger partial charge in [-0.05, 0) is 25.1 Å². The Bertz CT molecular complexity index is 625. The molecule has 6 heteroatoms. The summed E-state index contributed by atoms with van der Waals surface area (Å²) in [5.74, 6) is 3.47. The number of ketones is 1. The quantitative estimate of drug-likeness (QED) is 0.731. The molecule has 0 aliphatic rings. The standard InChI is InChI=1S/C15H18N2O3S/c1-4-14-16-17-15(20-14)9-21-8-12-7-11(10(2)18)5-6-13(12)19-3/h5-7H,4,8-9H2,1-3H3. The summed E-state index contributed by atoms with van der Waals surface area (Å²) in [6, 6.07) is 5.48. The normalized spacial score (nSPS) is 10.6. The third-order valence-electron chi connectivity index (χ3n) is 2.98. The van der Waals surface area contributed by atoms with E-state index in [0.29, 0.717) is 28.9 Å². The van der Waals surface area contributed by atoms with Crippen molar-refractivity contribution in [1.29, 1.82) is 0 Å². The molecule has 0 amide bonds. The molecular weight excluding hydrogens is 288 g/mol. The predicted molar refractivity (Wildman–Crippen MR) is 81.7 cm³/mol. The van der Waals surface area contributed by atoms with Crippen molar-refractivity contribution in [3.05, 3.63) is 41.1 Å². The van der Waals surface area contributed by atoms with Crippen LogP contribution in [0.1, 0.15) is 41.6 Å². The molecule has 0 aliphatic heterocycles. The Morgan fingerprint density at radius 3 is 2.67 bits per heavy atom. The summed E-state index contributed by atoms with van der Waals surface area (Å²) in [6.45, 7) is 3.53. The second-order valence-corrected chi connectivity index (χ2v) is 5.50. The first-order valence-corrected chi connectivity index (χ1v) is 7.86. The van der Waals surface area contributed by atoms with Crippen LogP contribution in [0.3, 0.4) is 0 Å². The number of hydrogen-bond donors (Lipinski definition) is 0. The molecule has 1 aromatic carbocycles. The summed E-state index contributed by atoms with van der Waals surface area (Å²) in [4.78, 5) is 11.4. The SMILES string of the molecule is CCc1nnc(CSCc2cc(C(C)=O)ccc2OC)o1. The molecule has 1 heterocycles. The number of ether oxygens (including phenoxy) is 1. The number of aromatic nitrogens is 2. The second-order valence-electron chi connectivity index (χ2n) is 4.52. The fourth-order valence-corrected chi connectivity index (χ4v) is 2.69.